The lowest BCUT2D eigenvalue weighted by atomic mass is 9.81. The van der Waals surface area contributed by atoms with Gasteiger partial charge in [0.1, 0.15) is 5.82 Å². The highest BCUT2D eigenvalue weighted by molar-refractivity contribution is 6.03. The number of ether oxygens (including phenoxy) is 3. The highest BCUT2D eigenvalue weighted by Gasteiger charge is 2.56. The SMILES string of the molecule is COC(=O)C1=C(c2ccc(F)cc2)C[C@@H]2CC(C(=O)OC)(C(=O)OC)CC2=C1. The Kier molecular flexibility index (Phi) is 5.36. The largest absolute Gasteiger partial charge is 0.468 e. The van der Waals surface area contributed by atoms with Crippen LogP contribution in [0.15, 0.2) is 41.5 Å². The van der Waals surface area contributed by atoms with Gasteiger partial charge in [0.05, 0.1) is 26.9 Å². The van der Waals surface area contributed by atoms with Crippen molar-refractivity contribution in [3.8, 4) is 0 Å². The highest BCUT2D eigenvalue weighted by atomic mass is 19.1. The van der Waals surface area contributed by atoms with Crippen molar-refractivity contribution in [3.05, 3.63) is 52.9 Å². The van der Waals surface area contributed by atoms with Crippen molar-refractivity contribution in [2.75, 3.05) is 21.3 Å². The molecular formula is C21H21FO6. The smallest absolute Gasteiger partial charge is 0.338 e. The molecule has 1 saturated carbocycles. The first-order valence-corrected chi connectivity index (χ1v) is 8.81. The van der Waals surface area contributed by atoms with Crippen LogP contribution >= 0.6 is 0 Å². The first-order chi connectivity index (χ1) is 13.4. The van der Waals surface area contributed by atoms with Crippen LogP contribution in [-0.4, -0.2) is 39.2 Å². The number of fused-ring (bicyclic) bond motifs is 1. The molecule has 0 spiro atoms. The summed E-state index contributed by atoms with van der Waals surface area (Å²) >= 11 is 0. The molecule has 0 aromatic heterocycles. The monoisotopic (exact) mass is 388 g/mol. The van der Waals surface area contributed by atoms with E-state index in [1.54, 1.807) is 18.2 Å². The lowest BCUT2D eigenvalue weighted by Crippen LogP contribution is -2.39. The van der Waals surface area contributed by atoms with E-state index in [-0.39, 0.29) is 24.6 Å². The summed E-state index contributed by atoms with van der Waals surface area (Å²) in [4.78, 5) is 37.3. The molecule has 0 saturated heterocycles. The first-order valence-electron chi connectivity index (χ1n) is 8.81. The third kappa shape index (κ3) is 3.21. The fourth-order valence-corrected chi connectivity index (χ4v) is 4.12. The van der Waals surface area contributed by atoms with Crippen LogP contribution in [0.25, 0.3) is 5.57 Å². The van der Waals surface area contributed by atoms with Gasteiger partial charge in [-0.15, -0.1) is 0 Å². The minimum Gasteiger partial charge on any atom is -0.468 e. The van der Waals surface area contributed by atoms with Crippen LogP contribution in [0.4, 0.5) is 4.39 Å². The maximum absolute atomic E-state index is 13.3. The summed E-state index contributed by atoms with van der Waals surface area (Å²) in [6.45, 7) is 0. The molecular weight excluding hydrogens is 367 g/mol. The van der Waals surface area contributed by atoms with E-state index >= 15 is 0 Å². The minimum absolute atomic E-state index is 0.119. The Morgan fingerprint density at radius 2 is 1.61 bits per heavy atom. The molecule has 0 amide bonds. The predicted molar refractivity (Wildman–Crippen MR) is 97.2 cm³/mol. The van der Waals surface area contributed by atoms with E-state index in [1.807, 2.05) is 0 Å². The Hall–Kier alpha value is -2.96. The molecule has 6 nitrogen and oxygen atoms in total. The molecule has 2 aliphatic carbocycles. The highest BCUT2D eigenvalue weighted by Crippen LogP contribution is 2.52. The molecule has 0 aliphatic heterocycles. The Balaban J connectivity index is 2.05. The number of carbonyl (C=O) groups excluding carboxylic acids is 3. The average Bonchev–Trinajstić information content (AvgIpc) is 3.11. The van der Waals surface area contributed by atoms with Gasteiger partial charge in [0.25, 0.3) is 0 Å². The molecule has 1 atom stereocenters. The van der Waals surface area contributed by atoms with Crippen LogP contribution in [0.3, 0.4) is 0 Å². The van der Waals surface area contributed by atoms with E-state index in [9.17, 15) is 18.8 Å². The zero-order valence-electron chi connectivity index (χ0n) is 15.9. The van der Waals surface area contributed by atoms with Gasteiger partial charge in [-0.2, -0.15) is 0 Å². The molecule has 0 unspecified atom stereocenters. The fourth-order valence-electron chi connectivity index (χ4n) is 4.12. The van der Waals surface area contributed by atoms with Crippen molar-refractivity contribution in [2.24, 2.45) is 11.3 Å². The van der Waals surface area contributed by atoms with Crippen LogP contribution in [0.5, 0.6) is 0 Å². The van der Waals surface area contributed by atoms with E-state index in [0.29, 0.717) is 23.1 Å². The van der Waals surface area contributed by atoms with Crippen molar-refractivity contribution in [2.45, 2.75) is 19.3 Å². The lowest BCUT2D eigenvalue weighted by molar-refractivity contribution is -0.168. The minimum atomic E-state index is -1.43. The van der Waals surface area contributed by atoms with E-state index < -0.39 is 23.3 Å². The topological polar surface area (TPSA) is 78.9 Å². The number of carbonyl (C=O) groups is 3. The zero-order valence-corrected chi connectivity index (χ0v) is 15.9. The maximum Gasteiger partial charge on any atom is 0.338 e. The van der Waals surface area contributed by atoms with E-state index in [2.05, 4.69) is 0 Å². The second-order valence-corrected chi connectivity index (χ2v) is 6.96. The normalized spacial score (nSPS) is 20.1. The molecule has 0 bridgehead atoms. The predicted octanol–water partition coefficient (Wildman–Crippen LogP) is 2.82. The van der Waals surface area contributed by atoms with Crippen molar-refractivity contribution >= 4 is 23.5 Å². The molecule has 148 valence electrons. The van der Waals surface area contributed by atoms with Gasteiger partial charge in [-0.05, 0) is 54.5 Å². The number of esters is 3. The quantitative estimate of drug-likeness (QED) is 0.448. The molecule has 0 radical (unpaired) electrons. The Bertz CT molecular complexity index is 865. The van der Waals surface area contributed by atoms with E-state index in [0.717, 1.165) is 5.57 Å². The molecule has 0 heterocycles. The number of hydrogen-bond acceptors (Lipinski definition) is 6. The summed E-state index contributed by atoms with van der Waals surface area (Å²) in [6.07, 6.45) is 2.43. The van der Waals surface area contributed by atoms with Gasteiger partial charge in [0.2, 0.25) is 0 Å². The molecule has 0 N–H and O–H groups in total. The number of rotatable bonds is 4. The van der Waals surface area contributed by atoms with Crippen molar-refractivity contribution in [1.29, 1.82) is 0 Å². The zero-order chi connectivity index (χ0) is 20.5. The number of allylic oxidation sites excluding steroid dienone is 2. The maximum atomic E-state index is 13.3. The van der Waals surface area contributed by atoms with Gasteiger partial charge in [0, 0.05) is 0 Å². The summed E-state index contributed by atoms with van der Waals surface area (Å²) in [6, 6.07) is 5.82. The summed E-state index contributed by atoms with van der Waals surface area (Å²) in [5, 5.41) is 0. The first kappa shape index (κ1) is 19.8. The van der Waals surface area contributed by atoms with Crippen LogP contribution in [0, 0.1) is 17.2 Å². The van der Waals surface area contributed by atoms with Crippen LogP contribution in [0.1, 0.15) is 24.8 Å². The van der Waals surface area contributed by atoms with E-state index in [1.165, 1.54) is 33.5 Å². The number of benzene rings is 1. The van der Waals surface area contributed by atoms with Gasteiger partial charge < -0.3 is 14.2 Å². The van der Waals surface area contributed by atoms with Crippen LogP contribution in [0.2, 0.25) is 0 Å². The Morgan fingerprint density at radius 3 is 2.14 bits per heavy atom. The number of halogens is 1. The second kappa shape index (κ2) is 7.58. The summed E-state index contributed by atoms with van der Waals surface area (Å²) in [7, 11) is 3.74. The Labute approximate surface area is 162 Å². The second-order valence-electron chi connectivity index (χ2n) is 6.96. The summed E-state index contributed by atoms with van der Waals surface area (Å²) < 4.78 is 28.0. The van der Waals surface area contributed by atoms with Crippen LogP contribution < -0.4 is 0 Å². The third-order valence-electron chi connectivity index (χ3n) is 5.48. The fraction of sp³-hybridized carbons (Fsp3) is 0.381. The lowest BCUT2D eigenvalue weighted by Gasteiger charge is -2.24. The standard InChI is InChI=1S/C21H21FO6/c1-26-18(23)17-9-14-11-21(19(24)27-2,20(25)28-3)10-13(14)8-16(17)12-4-6-15(22)7-5-12/h4-7,9,13H,8,10-11H2,1-3H3/t13-/m1/s1. The third-order valence-corrected chi connectivity index (χ3v) is 5.48. The van der Waals surface area contributed by atoms with Gasteiger partial charge in [-0.25, -0.2) is 9.18 Å². The van der Waals surface area contributed by atoms with Crippen molar-refractivity contribution in [3.63, 3.8) is 0 Å². The van der Waals surface area contributed by atoms with E-state index in [4.69, 9.17) is 14.2 Å². The number of methoxy groups -OCH3 is 3. The van der Waals surface area contributed by atoms with Gasteiger partial charge in [0.15, 0.2) is 5.41 Å². The summed E-state index contributed by atoms with van der Waals surface area (Å²) in [5.41, 5.74) is 1.07. The summed E-state index contributed by atoms with van der Waals surface area (Å²) in [5.74, 6) is -2.37. The Morgan fingerprint density at radius 1 is 1.00 bits per heavy atom. The van der Waals surface area contributed by atoms with Gasteiger partial charge in [-0.1, -0.05) is 17.7 Å². The van der Waals surface area contributed by atoms with Gasteiger partial charge >= 0.3 is 17.9 Å². The molecule has 1 aromatic carbocycles. The van der Waals surface area contributed by atoms with Crippen molar-refractivity contribution in [1.82, 2.24) is 0 Å². The number of hydrogen-bond donors (Lipinski definition) is 0. The molecule has 1 aromatic rings. The molecule has 7 heteroatoms. The average molecular weight is 388 g/mol. The van der Waals surface area contributed by atoms with Gasteiger partial charge in [-0.3, -0.25) is 9.59 Å². The molecule has 2 aliphatic rings. The van der Waals surface area contributed by atoms with Crippen LogP contribution in [-0.2, 0) is 28.6 Å². The molecule has 3 rings (SSSR count). The molecule has 28 heavy (non-hydrogen) atoms. The molecule has 1 fully saturated rings. The van der Waals surface area contributed by atoms with Crippen molar-refractivity contribution < 1.29 is 33.0 Å².